The second-order valence-electron chi connectivity index (χ2n) is 4.33. The zero-order valence-electron chi connectivity index (χ0n) is 9.70. The van der Waals surface area contributed by atoms with Crippen LogP contribution in [0.3, 0.4) is 0 Å². The second-order valence-corrected chi connectivity index (χ2v) is 4.71. The number of amides is 1. The van der Waals surface area contributed by atoms with Crippen molar-refractivity contribution in [2.45, 2.75) is 51.9 Å². The molecule has 15 heavy (non-hydrogen) atoms. The van der Waals surface area contributed by atoms with Crippen LogP contribution in [0.25, 0.3) is 0 Å². The summed E-state index contributed by atoms with van der Waals surface area (Å²) >= 11 is 5.69. The molecule has 2 atom stereocenters. The van der Waals surface area contributed by atoms with Crippen molar-refractivity contribution in [3.8, 4) is 0 Å². The Morgan fingerprint density at radius 3 is 2.60 bits per heavy atom. The first-order chi connectivity index (χ1) is 7.06. The molecule has 0 saturated carbocycles. The highest BCUT2D eigenvalue weighted by Gasteiger charge is 2.32. The molecule has 1 rings (SSSR count). The summed E-state index contributed by atoms with van der Waals surface area (Å²) in [6.07, 6.45) is 1.78. The van der Waals surface area contributed by atoms with Crippen molar-refractivity contribution in [2.75, 3.05) is 12.4 Å². The Balaban J connectivity index is 2.55. The van der Waals surface area contributed by atoms with E-state index >= 15 is 0 Å². The maximum absolute atomic E-state index is 12.1. The Morgan fingerprint density at radius 1 is 1.53 bits per heavy atom. The van der Waals surface area contributed by atoms with Gasteiger partial charge in [0, 0.05) is 18.5 Å². The summed E-state index contributed by atoms with van der Waals surface area (Å²) in [5.74, 6) is 0.571. The van der Waals surface area contributed by atoms with Gasteiger partial charge in [-0.05, 0) is 33.6 Å². The number of rotatable bonds is 4. The van der Waals surface area contributed by atoms with Crippen molar-refractivity contribution >= 4 is 17.5 Å². The fourth-order valence-corrected chi connectivity index (χ4v) is 2.07. The minimum atomic E-state index is -0.245. The zero-order valence-corrected chi connectivity index (χ0v) is 10.5. The van der Waals surface area contributed by atoms with Gasteiger partial charge in [0.15, 0.2) is 0 Å². The molecule has 1 aliphatic rings. The summed E-state index contributed by atoms with van der Waals surface area (Å²) in [7, 11) is 0. The predicted octanol–water partition coefficient (Wildman–Crippen LogP) is 2.03. The summed E-state index contributed by atoms with van der Waals surface area (Å²) in [5, 5.41) is 0. The third-order valence-corrected chi connectivity index (χ3v) is 2.91. The van der Waals surface area contributed by atoms with E-state index in [1.54, 1.807) is 4.90 Å². The number of carbonyl (C=O) groups is 1. The van der Waals surface area contributed by atoms with Gasteiger partial charge in [-0.25, -0.2) is 0 Å². The topological polar surface area (TPSA) is 29.5 Å². The predicted molar refractivity (Wildman–Crippen MR) is 61.1 cm³/mol. The Hall–Kier alpha value is -0.280. The van der Waals surface area contributed by atoms with Crippen LogP contribution in [-0.2, 0) is 9.53 Å². The van der Waals surface area contributed by atoms with Crippen LogP contribution in [0.1, 0.15) is 33.6 Å². The molecule has 88 valence electrons. The molecule has 4 heteroatoms. The molecule has 0 spiro atoms. The molecule has 1 fully saturated rings. The SMILES string of the molecule is CC1CCC(C(=O)N(CCCl)C(C)C)O1. The number of hydrogen-bond acceptors (Lipinski definition) is 2. The van der Waals surface area contributed by atoms with E-state index in [1.807, 2.05) is 20.8 Å². The van der Waals surface area contributed by atoms with Crippen LogP contribution < -0.4 is 0 Å². The van der Waals surface area contributed by atoms with Crippen LogP contribution >= 0.6 is 11.6 Å². The Bertz CT molecular complexity index is 221. The highest BCUT2D eigenvalue weighted by atomic mass is 35.5. The summed E-state index contributed by atoms with van der Waals surface area (Å²) in [5.41, 5.74) is 0. The van der Waals surface area contributed by atoms with E-state index in [0.717, 1.165) is 12.8 Å². The van der Waals surface area contributed by atoms with Gasteiger partial charge in [0.1, 0.15) is 6.10 Å². The van der Waals surface area contributed by atoms with E-state index in [1.165, 1.54) is 0 Å². The molecule has 1 saturated heterocycles. The molecule has 1 amide bonds. The maximum atomic E-state index is 12.1. The van der Waals surface area contributed by atoms with Crippen LogP contribution in [-0.4, -0.2) is 41.5 Å². The van der Waals surface area contributed by atoms with Gasteiger partial charge >= 0.3 is 0 Å². The number of halogens is 1. The lowest BCUT2D eigenvalue weighted by Gasteiger charge is -2.28. The summed E-state index contributed by atoms with van der Waals surface area (Å²) < 4.78 is 5.57. The smallest absolute Gasteiger partial charge is 0.251 e. The van der Waals surface area contributed by atoms with E-state index in [9.17, 15) is 4.79 Å². The van der Waals surface area contributed by atoms with Crippen molar-refractivity contribution < 1.29 is 9.53 Å². The minimum absolute atomic E-state index is 0.0926. The number of alkyl halides is 1. The lowest BCUT2D eigenvalue weighted by Crippen LogP contribution is -2.44. The third-order valence-electron chi connectivity index (χ3n) is 2.74. The molecular formula is C11H20ClNO2. The molecular weight excluding hydrogens is 214 g/mol. The van der Waals surface area contributed by atoms with Crippen molar-refractivity contribution in [3.63, 3.8) is 0 Å². The molecule has 3 nitrogen and oxygen atoms in total. The molecule has 0 radical (unpaired) electrons. The van der Waals surface area contributed by atoms with Gasteiger partial charge in [0.2, 0.25) is 0 Å². The van der Waals surface area contributed by atoms with Crippen LogP contribution in [0.5, 0.6) is 0 Å². The first kappa shape index (κ1) is 12.8. The van der Waals surface area contributed by atoms with Gasteiger partial charge in [-0.15, -0.1) is 11.6 Å². The molecule has 0 bridgehead atoms. The molecule has 0 aromatic rings. The van der Waals surface area contributed by atoms with E-state index in [2.05, 4.69) is 0 Å². The van der Waals surface area contributed by atoms with Crippen molar-refractivity contribution in [3.05, 3.63) is 0 Å². The fraction of sp³-hybridized carbons (Fsp3) is 0.909. The quantitative estimate of drug-likeness (QED) is 0.696. The highest BCUT2D eigenvalue weighted by Crippen LogP contribution is 2.21. The maximum Gasteiger partial charge on any atom is 0.251 e. The minimum Gasteiger partial charge on any atom is -0.365 e. The van der Waals surface area contributed by atoms with Gasteiger partial charge < -0.3 is 9.64 Å². The van der Waals surface area contributed by atoms with Gasteiger partial charge in [0.25, 0.3) is 5.91 Å². The summed E-state index contributed by atoms with van der Waals surface area (Å²) in [4.78, 5) is 13.9. The number of hydrogen-bond donors (Lipinski definition) is 0. The molecule has 1 heterocycles. The monoisotopic (exact) mass is 233 g/mol. The highest BCUT2D eigenvalue weighted by molar-refractivity contribution is 6.18. The van der Waals surface area contributed by atoms with Gasteiger partial charge in [0.05, 0.1) is 6.10 Å². The van der Waals surface area contributed by atoms with Crippen molar-refractivity contribution in [1.29, 1.82) is 0 Å². The molecule has 0 N–H and O–H groups in total. The van der Waals surface area contributed by atoms with Crippen LogP contribution in [0, 0.1) is 0 Å². The molecule has 2 unspecified atom stereocenters. The first-order valence-corrected chi connectivity index (χ1v) is 6.11. The molecule has 1 aliphatic heterocycles. The van der Waals surface area contributed by atoms with Gasteiger partial charge in [-0.1, -0.05) is 0 Å². The lowest BCUT2D eigenvalue weighted by molar-refractivity contribution is -0.144. The van der Waals surface area contributed by atoms with E-state index in [-0.39, 0.29) is 24.2 Å². The number of nitrogens with zero attached hydrogens (tertiary/aromatic N) is 1. The van der Waals surface area contributed by atoms with Crippen LogP contribution in [0.2, 0.25) is 0 Å². The largest absolute Gasteiger partial charge is 0.365 e. The van der Waals surface area contributed by atoms with Crippen LogP contribution in [0.15, 0.2) is 0 Å². The van der Waals surface area contributed by atoms with E-state index < -0.39 is 0 Å². The average molecular weight is 234 g/mol. The Labute approximate surface area is 96.7 Å². The summed E-state index contributed by atoms with van der Waals surface area (Å²) in [6.45, 7) is 6.62. The second kappa shape index (κ2) is 5.71. The standard InChI is InChI=1S/C11H20ClNO2/c1-8(2)13(7-6-12)11(14)10-5-4-9(3)15-10/h8-10H,4-7H2,1-3H3. The van der Waals surface area contributed by atoms with Gasteiger partial charge in [-0.3, -0.25) is 4.79 Å². The van der Waals surface area contributed by atoms with E-state index in [0.29, 0.717) is 12.4 Å². The van der Waals surface area contributed by atoms with Crippen LogP contribution in [0.4, 0.5) is 0 Å². The first-order valence-electron chi connectivity index (χ1n) is 5.58. The summed E-state index contributed by atoms with van der Waals surface area (Å²) in [6, 6.07) is 0.191. The normalized spacial score (nSPS) is 25.9. The van der Waals surface area contributed by atoms with Gasteiger partial charge in [-0.2, -0.15) is 0 Å². The molecule has 0 aromatic carbocycles. The molecule has 0 aliphatic carbocycles. The Kier molecular flexibility index (Phi) is 4.87. The number of ether oxygens (including phenoxy) is 1. The molecule has 0 aromatic heterocycles. The van der Waals surface area contributed by atoms with Crippen molar-refractivity contribution in [1.82, 2.24) is 4.90 Å². The average Bonchev–Trinajstić information content (AvgIpc) is 2.59. The lowest BCUT2D eigenvalue weighted by atomic mass is 10.1. The fourth-order valence-electron chi connectivity index (χ4n) is 1.88. The van der Waals surface area contributed by atoms with Crippen molar-refractivity contribution in [2.24, 2.45) is 0 Å². The number of carbonyl (C=O) groups excluding carboxylic acids is 1. The third kappa shape index (κ3) is 3.35. The zero-order chi connectivity index (χ0) is 11.4. The Morgan fingerprint density at radius 2 is 2.20 bits per heavy atom. The van der Waals surface area contributed by atoms with E-state index in [4.69, 9.17) is 16.3 Å².